The van der Waals surface area contributed by atoms with Gasteiger partial charge in [0.2, 0.25) is 0 Å². The SMILES string of the molecule is O=C(Nc1cc2ccccc2oc1=O)c1ccc(-n2cccn2)nn1. The number of nitrogens with zero attached hydrogens (tertiary/aromatic N) is 4. The lowest BCUT2D eigenvalue weighted by atomic mass is 10.2. The molecular formula is C17H11N5O3. The van der Waals surface area contributed by atoms with E-state index in [1.165, 1.54) is 10.7 Å². The summed E-state index contributed by atoms with van der Waals surface area (Å²) in [7, 11) is 0. The number of fused-ring (bicyclic) bond motifs is 1. The molecule has 4 rings (SSSR count). The number of hydrogen-bond acceptors (Lipinski definition) is 6. The molecule has 122 valence electrons. The van der Waals surface area contributed by atoms with Crippen LogP contribution in [-0.2, 0) is 0 Å². The van der Waals surface area contributed by atoms with Crippen molar-refractivity contribution in [3.8, 4) is 5.82 Å². The third kappa shape index (κ3) is 2.88. The molecule has 3 aromatic heterocycles. The minimum atomic E-state index is -0.631. The maximum atomic E-state index is 12.3. The summed E-state index contributed by atoms with van der Waals surface area (Å²) in [4.78, 5) is 24.3. The quantitative estimate of drug-likeness (QED) is 0.575. The fraction of sp³-hybridized carbons (Fsp3) is 0. The average Bonchev–Trinajstić information content (AvgIpc) is 3.17. The van der Waals surface area contributed by atoms with Crippen LogP contribution in [0.25, 0.3) is 16.8 Å². The number of nitrogens with one attached hydrogen (secondary N) is 1. The lowest BCUT2D eigenvalue weighted by Gasteiger charge is -2.05. The van der Waals surface area contributed by atoms with Crippen molar-refractivity contribution >= 4 is 22.6 Å². The monoisotopic (exact) mass is 333 g/mol. The van der Waals surface area contributed by atoms with Gasteiger partial charge < -0.3 is 9.73 Å². The van der Waals surface area contributed by atoms with Crippen LogP contribution >= 0.6 is 0 Å². The van der Waals surface area contributed by atoms with Gasteiger partial charge in [-0.3, -0.25) is 4.79 Å². The number of carbonyl (C=O) groups excluding carboxylic acids is 1. The predicted octanol–water partition coefficient (Wildman–Crippen LogP) is 2.02. The van der Waals surface area contributed by atoms with Gasteiger partial charge in [-0.2, -0.15) is 5.10 Å². The van der Waals surface area contributed by atoms with E-state index in [4.69, 9.17) is 4.42 Å². The zero-order valence-electron chi connectivity index (χ0n) is 12.8. The zero-order valence-corrected chi connectivity index (χ0v) is 12.8. The van der Waals surface area contributed by atoms with Crippen LogP contribution in [0.2, 0.25) is 0 Å². The molecule has 0 atom stereocenters. The highest BCUT2D eigenvalue weighted by molar-refractivity contribution is 6.03. The summed E-state index contributed by atoms with van der Waals surface area (Å²) in [6.45, 7) is 0. The topological polar surface area (TPSA) is 103 Å². The summed E-state index contributed by atoms with van der Waals surface area (Å²) in [5.41, 5.74) is -0.0628. The summed E-state index contributed by atoms with van der Waals surface area (Å²) in [5.74, 6) is -0.0751. The zero-order chi connectivity index (χ0) is 17.2. The number of anilines is 1. The van der Waals surface area contributed by atoms with Crippen LogP contribution in [0.3, 0.4) is 0 Å². The third-order valence-electron chi connectivity index (χ3n) is 3.51. The normalized spacial score (nSPS) is 10.7. The number of para-hydroxylation sites is 1. The number of carbonyl (C=O) groups is 1. The number of rotatable bonds is 3. The second kappa shape index (κ2) is 6.00. The summed E-state index contributed by atoms with van der Waals surface area (Å²) < 4.78 is 6.70. The van der Waals surface area contributed by atoms with Gasteiger partial charge in [-0.25, -0.2) is 9.48 Å². The number of hydrogen-bond donors (Lipinski definition) is 1. The molecule has 0 bridgehead atoms. The lowest BCUT2D eigenvalue weighted by Crippen LogP contribution is -2.19. The first-order valence-electron chi connectivity index (χ1n) is 7.39. The molecule has 0 aliphatic heterocycles. The molecule has 0 aliphatic carbocycles. The van der Waals surface area contributed by atoms with Crippen LogP contribution in [0.15, 0.2) is 70.1 Å². The van der Waals surface area contributed by atoms with Crippen molar-refractivity contribution in [2.45, 2.75) is 0 Å². The molecule has 1 N–H and O–H groups in total. The van der Waals surface area contributed by atoms with Crippen molar-refractivity contribution in [2.24, 2.45) is 0 Å². The molecule has 0 fully saturated rings. The molecule has 0 saturated carbocycles. The van der Waals surface area contributed by atoms with Crippen molar-refractivity contribution in [2.75, 3.05) is 5.32 Å². The largest absolute Gasteiger partial charge is 0.421 e. The van der Waals surface area contributed by atoms with Crippen LogP contribution in [0, 0.1) is 0 Å². The summed E-state index contributed by atoms with van der Waals surface area (Å²) >= 11 is 0. The molecule has 3 heterocycles. The van der Waals surface area contributed by atoms with Crippen LogP contribution in [-0.4, -0.2) is 25.9 Å². The maximum absolute atomic E-state index is 12.3. The molecule has 8 heteroatoms. The Bertz CT molecular complexity index is 1100. The fourth-order valence-corrected chi connectivity index (χ4v) is 2.31. The number of aromatic nitrogens is 4. The smallest absolute Gasteiger partial charge is 0.360 e. The molecule has 1 aromatic carbocycles. The highest BCUT2D eigenvalue weighted by Crippen LogP contribution is 2.15. The van der Waals surface area contributed by atoms with Gasteiger partial charge in [0.05, 0.1) is 0 Å². The van der Waals surface area contributed by atoms with E-state index in [0.717, 1.165) is 0 Å². The molecule has 4 aromatic rings. The molecule has 0 spiro atoms. The summed E-state index contributed by atoms with van der Waals surface area (Å²) in [5, 5.41) is 15.0. The molecule has 1 amide bonds. The van der Waals surface area contributed by atoms with E-state index in [1.54, 1.807) is 48.8 Å². The first-order valence-corrected chi connectivity index (χ1v) is 7.39. The fourth-order valence-electron chi connectivity index (χ4n) is 2.31. The highest BCUT2D eigenvalue weighted by Gasteiger charge is 2.13. The Labute approximate surface area is 140 Å². The molecule has 0 saturated heterocycles. The van der Waals surface area contributed by atoms with E-state index in [1.807, 2.05) is 6.07 Å². The number of amides is 1. The second-order valence-corrected chi connectivity index (χ2v) is 5.17. The van der Waals surface area contributed by atoms with Gasteiger partial charge in [0.15, 0.2) is 11.5 Å². The van der Waals surface area contributed by atoms with Gasteiger partial charge in [-0.1, -0.05) is 18.2 Å². The Kier molecular flexibility index (Phi) is 3.55. The minimum absolute atomic E-state index is 0.0432. The van der Waals surface area contributed by atoms with Crippen LogP contribution in [0.1, 0.15) is 10.5 Å². The molecule has 25 heavy (non-hydrogen) atoms. The number of benzene rings is 1. The highest BCUT2D eigenvalue weighted by atomic mass is 16.4. The van der Waals surface area contributed by atoms with Crippen LogP contribution < -0.4 is 10.9 Å². The van der Waals surface area contributed by atoms with E-state index in [0.29, 0.717) is 16.8 Å². The third-order valence-corrected chi connectivity index (χ3v) is 3.51. The Morgan fingerprint density at radius 1 is 1.08 bits per heavy atom. The summed E-state index contributed by atoms with van der Waals surface area (Å²) in [6.07, 6.45) is 3.32. The average molecular weight is 333 g/mol. The van der Waals surface area contributed by atoms with Gasteiger partial charge >= 0.3 is 5.63 Å². The lowest BCUT2D eigenvalue weighted by molar-refractivity contribution is 0.102. The van der Waals surface area contributed by atoms with Gasteiger partial charge in [0.1, 0.15) is 11.3 Å². The first-order chi connectivity index (χ1) is 12.2. The van der Waals surface area contributed by atoms with Crippen LogP contribution in [0.5, 0.6) is 0 Å². The Morgan fingerprint density at radius 2 is 1.96 bits per heavy atom. The molecule has 0 radical (unpaired) electrons. The molecule has 0 aliphatic rings. The Morgan fingerprint density at radius 3 is 2.72 bits per heavy atom. The van der Waals surface area contributed by atoms with E-state index in [-0.39, 0.29) is 11.4 Å². The first kappa shape index (κ1) is 14.8. The predicted molar refractivity (Wildman–Crippen MR) is 89.6 cm³/mol. The van der Waals surface area contributed by atoms with Crippen molar-refractivity contribution in [1.82, 2.24) is 20.0 Å². The van der Waals surface area contributed by atoms with Gasteiger partial charge in [-0.15, -0.1) is 10.2 Å². The van der Waals surface area contributed by atoms with Crippen molar-refractivity contribution < 1.29 is 9.21 Å². The Hall–Kier alpha value is -3.81. The molecule has 0 unspecified atom stereocenters. The van der Waals surface area contributed by atoms with Crippen molar-refractivity contribution in [1.29, 1.82) is 0 Å². The standard InChI is InChI=1S/C17H11N5O3/c23-16(12-6-7-15(21-20-12)22-9-3-8-18-22)19-13-10-11-4-1-2-5-14(11)25-17(13)24/h1-10H,(H,19,23). The van der Waals surface area contributed by atoms with E-state index in [9.17, 15) is 9.59 Å². The van der Waals surface area contributed by atoms with Crippen molar-refractivity contribution in [3.63, 3.8) is 0 Å². The van der Waals surface area contributed by atoms with E-state index < -0.39 is 11.5 Å². The van der Waals surface area contributed by atoms with E-state index >= 15 is 0 Å². The van der Waals surface area contributed by atoms with Crippen LogP contribution in [0.4, 0.5) is 5.69 Å². The van der Waals surface area contributed by atoms with Crippen molar-refractivity contribution in [3.05, 3.63) is 77.0 Å². The second-order valence-electron chi connectivity index (χ2n) is 5.17. The van der Waals surface area contributed by atoms with E-state index in [2.05, 4.69) is 20.6 Å². The van der Waals surface area contributed by atoms with Gasteiger partial charge in [0.25, 0.3) is 5.91 Å². The Balaban J connectivity index is 1.59. The maximum Gasteiger partial charge on any atom is 0.360 e. The molecule has 8 nitrogen and oxygen atoms in total. The molecular weight excluding hydrogens is 322 g/mol. The summed E-state index contributed by atoms with van der Waals surface area (Å²) in [6, 6.07) is 13.5. The minimum Gasteiger partial charge on any atom is -0.421 e. The van der Waals surface area contributed by atoms with Gasteiger partial charge in [-0.05, 0) is 30.3 Å². The van der Waals surface area contributed by atoms with Gasteiger partial charge in [0, 0.05) is 17.8 Å².